The van der Waals surface area contributed by atoms with Crippen LogP contribution >= 0.6 is 69.6 Å². The van der Waals surface area contributed by atoms with E-state index in [1.54, 1.807) is 0 Å². The van der Waals surface area contributed by atoms with E-state index in [1.807, 2.05) is 91.0 Å². The second-order valence-electron chi connectivity index (χ2n) is 10.1. The Balaban J connectivity index is 1.70. The molecule has 1 aliphatic rings. The van der Waals surface area contributed by atoms with Gasteiger partial charge in [0.25, 0.3) is 19.4 Å². The van der Waals surface area contributed by atoms with Crippen molar-refractivity contribution < 1.29 is 28.5 Å². The minimum atomic E-state index is -2.36. The van der Waals surface area contributed by atoms with E-state index in [0.29, 0.717) is 0 Å². The molecule has 242 valence electrons. The van der Waals surface area contributed by atoms with Gasteiger partial charge in [-0.2, -0.15) is 0 Å². The maximum Gasteiger partial charge on any atom is 0.274 e. The third kappa shape index (κ3) is 11.1. The maximum absolute atomic E-state index is 13.0. The van der Waals surface area contributed by atoms with Crippen LogP contribution in [0, 0.1) is 0 Å². The SMILES string of the molecule is O=C(NC1O[C@H](COCc2ccccc2)[C@H](OCc2ccccc2)[C@H](OCc2ccccc2)[C@H]1NC(=O)C(Cl)(Cl)Cl)C(Cl)(Cl)Cl. The summed E-state index contributed by atoms with van der Waals surface area (Å²) < 4.78 is 20.5. The molecule has 0 bridgehead atoms. The first-order valence-electron chi connectivity index (χ1n) is 13.8. The average Bonchev–Trinajstić information content (AvgIpc) is 3.01. The lowest BCUT2D eigenvalue weighted by Gasteiger charge is -2.47. The third-order valence-electron chi connectivity index (χ3n) is 6.74. The summed E-state index contributed by atoms with van der Waals surface area (Å²) in [6.45, 7) is 0.524. The molecule has 1 aliphatic heterocycles. The topological polar surface area (TPSA) is 95.1 Å². The van der Waals surface area contributed by atoms with Crippen LogP contribution in [0.5, 0.6) is 0 Å². The average molecular weight is 739 g/mol. The molecule has 1 fully saturated rings. The van der Waals surface area contributed by atoms with E-state index < -0.39 is 50.0 Å². The van der Waals surface area contributed by atoms with Gasteiger partial charge in [-0.15, -0.1) is 0 Å². The number of amides is 2. The van der Waals surface area contributed by atoms with Gasteiger partial charge in [-0.25, -0.2) is 0 Å². The van der Waals surface area contributed by atoms with Crippen molar-refractivity contribution in [2.45, 2.75) is 58.0 Å². The lowest BCUT2D eigenvalue weighted by molar-refractivity contribution is -0.237. The van der Waals surface area contributed by atoms with Gasteiger partial charge in [0, 0.05) is 0 Å². The zero-order valence-electron chi connectivity index (χ0n) is 23.6. The van der Waals surface area contributed by atoms with E-state index in [2.05, 4.69) is 10.6 Å². The molecule has 1 heterocycles. The van der Waals surface area contributed by atoms with Crippen molar-refractivity contribution in [1.82, 2.24) is 10.6 Å². The Morgan fingerprint density at radius 3 is 1.51 bits per heavy atom. The summed E-state index contributed by atoms with van der Waals surface area (Å²) in [4.78, 5) is 25.9. The van der Waals surface area contributed by atoms with Gasteiger partial charge in [0.1, 0.15) is 24.4 Å². The Morgan fingerprint density at radius 2 is 1.04 bits per heavy atom. The largest absolute Gasteiger partial charge is 0.374 e. The van der Waals surface area contributed by atoms with Crippen LogP contribution in [0.25, 0.3) is 0 Å². The Labute approximate surface area is 291 Å². The molecule has 0 aliphatic carbocycles. The van der Waals surface area contributed by atoms with E-state index in [1.165, 1.54) is 0 Å². The van der Waals surface area contributed by atoms with Crippen molar-refractivity contribution in [2.75, 3.05) is 6.61 Å². The summed E-state index contributed by atoms with van der Waals surface area (Å²) >= 11 is 35.4. The highest BCUT2D eigenvalue weighted by Gasteiger charge is 2.51. The number of nitrogens with one attached hydrogen (secondary N) is 2. The number of halogens is 6. The van der Waals surface area contributed by atoms with Crippen molar-refractivity contribution in [3.8, 4) is 0 Å². The van der Waals surface area contributed by atoms with Gasteiger partial charge >= 0.3 is 0 Å². The van der Waals surface area contributed by atoms with Crippen LogP contribution in [0.1, 0.15) is 16.7 Å². The number of benzene rings is 3. The molecule has 2 N–H and O–H groups in total. The Hall–Kier alpha value is -1.82. The highest BCUT2D eigenvalue weighted by atomic mass is 35.6. The van der Waals surface area contributed by atoms with Crippen LogP contribution in [-0.4, -0.2) is 56.6 Å². The zero-order valence-corrected chi connectivity index (χ0v) is 28.1. The van der Waals surface area contributed by atoms with Crippen LogP contribution in [-0.2, 0) is 48.4 Å². The van der Waals surface area contributed by atoms with E-state index >= 15 is 0 Å². The number of carbonyl (C=O) groups is 2. The molecule has 1 unspecified atom stereocenters. The quantitative estimate of drug-likeness (QED) is 0.208. The number of carbonyl (C=O) groups excluding carboxylic acids is 2. The minimum absolute atomic E-state index is 0.00477. The van der Waals surface area contributed by atoms with E-state index in [-0.39, 0.29) is 26.4 Å². The molecular formula is C31H30Cl6N2O6. The summed E-state index contributed by atoms with van der Waals surface area (Å²) in [5.41, 5.74) is 2.63. The zero-order chi connectivity index (χ0) is 32.5. The summed E-state index contributed by atoms with van der Waals surface area (Å²) in [5, 5.41) is 5.17. The second-order valence-corrected chi connectivity index (χ2v) is 14.6. The fourth-order valence-electron chi connectivity index (χ4n) is 4.60. The Morgan fingerprint density at radius 1 is 0.622 bits per heavy atom. The highest BCUT2D eigenvalue weighted by Crippen LogP contribution is 2.32. The van der Waals surface area contributed by atoms with Crippen LogP contribution in [0.4, 0.5) is 0 Å². The molecular weight excluding hydrogens is 709 g/mol. The van der Waals surface area contributed by atoms with Gasteiger partial charge in [-0.3, -0.25) is 9.59 Å². The summed E-state index contributed by atoms with van der Waals surface area (Å²) in [5.74, 6) is -2.01. The standard InChI is InChI=1S/C31H30Cl6N2O6/c32-30(33,34)28(40)38-24-26(44-18-22-14-8-3-9-15-22)25(43-17-21-12-6-2-7-13-21)23(19-42-16-20-10-4-1-5-11-20)45-27(24)39-29(41)31(35,36)37/h1-15,23-27H,16-19H2,(H,38,40)(H,39,41)/t23-,24-,25+,26-,27?/m1/s1. The number of hydrogen-bond donors (Lipinski definition) is 2. The fourth-order valence-corrected chi connectivity index (χ4v) is 4.93. The molecule has 4 rings (SSSR count). The molecule has 3 aromatic rings. The van der Waals surface area contributed by atoms with Crippen LogP contribution in [0.2, 0.25) is 0 Å². The van der Waals surface area contributed by atoms with Crippen LogP contribution in [0.15, 0.2) is 91.0 Å². The minimum Gasteiger partial charge on any atom is -0.374 e. The predicted octanol–water partition coefficient (Wildman–Crippen LogP) is 6.44. The molecule has 2 amide bonds. The second kappa shape index (κ2) is 16.8. The van der Waals surface area contributed by atoms with Gasteiger partial charge in [0.05, 0.1) is 26.4 Å². The first-order chi connectivity index (χ1) is 21.4. The van der Waals surface area contributed by atoms with E-state index in [0.717, 1.165) is 16.7 Å². The maximum atomic E-state index is 13.0. The molecule has 0 spiro atoms. The van der Waals surface area contributed by atoms with Crippen molar-refractivity contribution >= 4 is 81.4 Å². The van der Waals surface area contributed by atoms with Gasteiger partial charge in [0.2, 0.25) is 0 Å². The normalized spacial score (nSPS) is 22.0. The summed E-state index contributed by atoms with van der Waals surface area (Å²) in [6, 6.07) is 27.1. The molecule has 0 radical (unpaired) electrons. The van der Waals surface area contributed by atoms with E-state index in [9.17, 15) is 9.59 Å². The van der Waals surface area contributed by atoms with Gasteiger partial charge in [0.15, 0.2) is 6.23 Å². The predicted molar refractivity (Wildman–Crippen MR) is 175 cm³/mol. The Bertz CT molecular complexity index is 1360. The lowest BCUT2D eigenvalue weighted by atomic mass is 9.94. The first kappa shape index (κ1) is 36.0. The number of alkyl halides is 6. The van der Waals surface area contributed by atoms with Crippen molar-refractivity contribution in [2.24, 2.45) is 0 Å². The molecule has 1 saturated heterocycles. The molecule has 14 heteroatoms. The van der Waals surface area contributed by atoms with Gasteiger partial charge < -0.3 is 29.6 Å². The lowest BCUT2D eigenvalue weighted by Crippen LogP contribution is -2.70. The molecule has 8 nitrogen and oxygen atoms in total. The monoisotopic (exact) mass is 736 g/mol. The van der Waals surface area contributed by atoms with Crippen molar-refractivity contribution in [3.63, 3.8) is 0 Å². The summed E-state index contributed by atoms with van der Waals surface area (Å²) in [6.07, 6.45) is -4.04. The number of ether oxygens (including phenoxy) is 4. The molecule has 45 heavy (non-hydrogen) atoms. The highest BCUT2D eigenvalue weighted by molar-refractivity contribution is 6.76. The van der Waals surface area contributed by atoms with Crippen LogP contribution in [0.3, 0.4) is 0 Å². The van der Waals surface area contributed by atoms with Crippen molar-refractivity contribution in [3.05, 3.63) is 108 Å². The molecule has 3 aromatic carbocycles. The Kier molecular flexibility index (Phi) is 13.5. The molecule has 5 atom stereocenters. The van der Waals surface area contributed by atoms with Gasteiger partial charge in [-0.05, 0) is 16.7 Å². The fraction of sp³-hybridized carbons (Fsp3) is 0.355. The summed E-state index contributed by atoms with van der Waals surface area (Å²) in [7, 11) is 0. The third-order valence-corrected chi connectivity index (χ3v) is 7.77. The molecule has 0 aromatic heterocycles. The smallest absolute Gasteiger partial charge is 0.274 e. The first-order valence-corrected chi connectivity index (χ1v) is 16.0. The van der Waals surface area contributed by atoms with E-state index in [4.69, 9.17) is 88.6 Å². The van der Waals surface area contributed by atoms with Gasteiger partial charge in [-0.1, -0.05) is 161 Å². The van der Waals surface area contributed by atoms with Crippen LogP contribution < -0.4 is 10.6 Å². The molecule has 0 saturated carbocycles. The van der Waals surface area contributed by atoms with Crippen molar-refractivity contribution in [1.29, 1.82) is 0 Å². The number of rotatable bonds is 12. The number of hydrogen-bond acceptors (Lipinski definition) is 6.